The Morgan fingerprint density at radius 1 is 1.14 bits per heavy atom. The molecule has 0 aliphatic rings. The first-order chi connectivity index (χ1) is 12.5. The van der Waals surface area contributed by atoms with E-state index in [-0.39, 0.29) is 17.1 Å². The molecule has 2 aromatic rings. The number of carboxylic acids is 1. The van der Waals surface area contributed by atoms with Crippen molar-refractivity contribution in [1.82, 2.24) is 14.8 Å². The minimum Gasteiger partial charge on any atom is -0.476 e. The van der Waals surface area contributed by atoms with Gasteiger partial charge in [-0.15, -0.1) is 0 Å². The number of carboxylic acid groups (broad SMARTS) is 1. The molecule has 0 saturated heterocycles. The molecule has 7 nitrogen and oxygen atoms in total. The van der Waals surface area contributed by atoms with Gasteiger partial charge in [0.2, 0.25) is 5.88 Å². The largest absolute Gasteiger partial charge is 0.476 e. The second-order valence-electron chi connectivity index (χ2n) is 7.89. The van der Waals surface area contributed by atoms with E-state index in [4.69, 9.17) is 4.74 Å². The number of aromatic nitrogens is 3. The van der Waals surface area contributed by atoms with Crippen LogP contribution in [-0.4, -0.2) is 30.9 Å². The second-order valence-corrected chi connectivity index (χ2v) is 7.89. The van der Waals surface area contributed by atoms with Gasteiger partial charge in [-0.2, -0.15) is 18.3 Å². The van der Waals surface area contributed by atoms with Crippen LogP contribution in [0.25, 0.3) is 0 Å². The van der Waals surface area contributed by atoms with Crippen molar-refractivity contribution in [2.75, 3.05) is 0 Å². The first-order valence-corrected chi connectivity index (χ1v) is 8.34. The SMILES string of the molecule is Cc1c(C(=O)O)nn(C(C)(C)C)c1Oc1cncc(C(C)(C)O)c1C(F)(F)F. The molecule has 0 saturated carbocycles. The zero-order valence-electron chi connectivity index (χ0n) is 16.3. The van der Waals surface area contributed by atoms with E-state index in [1.54, 1.807) is 20.8 Å². The standard InChI is InChI=1S/C18H22F3N3O4/c1-9-13(15(25)26)23-24(16(2,3)4)14(9)28-11-8-22-7-10(17(5,6)27)12(11)18(19,20)21/h7-8,27H,1-6H3,(H,25,26). The Kier molecular flexibility index (Phi) is 5.24. The van der Waals surface area contributed by atoms with Crippen molar-refractivity contribution in [2.24, 2.45) is 0 Å². The Morgan fingerprint density at radius 2 is 1.71 bits per heavy atom. The van der Waals surface area contributed by atoms with Crippen LogP contribution < -0.4 is 4.74 Å². The van der Waals surface area contributed by atoms with Crippen molar-refractivity contribution in [3.05, 3.63) is 34.8 Å². The highest BCUT2D eigenvalue weighted by atomic mass is 19.4. The molecule has 0 spiro atoms. The number of hydrogen-bond donors (Lipinski definition) is 2. The molecule has 10 heteroatoms. The molecule has 0 atom stereocenters. The van der Waals surface area contributed by atoms with Gasteiger partial charge in [-0.1, -0.05) is 0 Å². The van der Waals surface area contributed by atoms with Crippen LogP contribution in [0, 0.1) is 6.92 Å². The number of carbonyl (C=O) groups is 1. The third kappa shape index (κ3) is 4.11. The van der Waals surface area contributed by atoms with E-state index in [0.717, 1.165) is 12.4 Å². The molecule has 0 bridgehead atoms. The zero-order valence-corrected chi connectivity index (χ0v) is 16.3. The van der Waals surface area contributed by atoms with Gasteiger partial charge in [-0.05, 0) is 41.5 Å². The number of pyridine rings is 1. The maximum Gasteiger partial charge on any atom is 0.420 e. The minimum atomic E-state index is -4.84. The predicted molar refractivity (Wildman–Crippen MR) is 93.5 cm³/mol. The molecular weight excluding hydrogens is 379 g/mol. The van der Waals surface area contributed by atoms with E-state index in [0.29, 0.717) is 0 Å². The number of halogens is 3. The summed E-state index contributed by atoms with van der Waals surface area (Å²) in [7, 11) is 0. The summed E-state index contributed by atoms with van der Waals surface area (Å²) in [5.74, 6) is -2.13. The van der Waals surface area contributed by atoms with E-state index in [2.05, 4.69) is 10.1 Å². The summed E-state index contributed by atoms with van der Waals surface area (Å²) >= 11 is 0. The summed E-state index contributed by atoms with van der Waals surface area (Å²) in [5, 5.41) is 23.4. The van der Waals surface area contributed by atoms with Crippen molar-refractivity contribution in [3.63, 3.8) is 0 Å². The summed E-state index contributed by atoms with van der Waals surface area (Å²) in [6.45, 7) is 8.91. The van der Waals surface area contributed by atoms with Crippen LogP contribution in [0.15, 0.2) is 12.4 Å². The summed E-state index contributed by atoms with van der Waals surface area (Å²) in [4.78, 5) is 15.2. The fourth-order valence-electron chi connectivity index (χ4n) is 2.64. The van der Waals surface area contributed by atoms with Crippen LogP contribution in [0.1, 0.15) is 61.8 Å². The third-order valence-electron chi connectivity index (χ3n) is 3.97. The molecule has 2 rings (SSSR count). The molecule has 0 aliphatic carbocycles. The van der Waals surface area contributed by atoms with Gasteiger partial charge in [0, 0.05) is 17.3 Å². The highest BCUT2D eigenvalue weighted by Gasteiger charge is 2.42. The van der Waals surface area contributed by atoms with Crippen molar-refractivity contribution >= 4 is 5.97 Å². The summed E-state index contributed by atoms with van der Waals surface area (Å²) in [5.41, 5.74) is -4.51. The normalized spacial score (nSPS) is 12.9. The molecule has 2 N–H and O–H groups in total. The molecule has 0 unspecified atom stereocenters. The second kappa shape index (κ2) is 6.77. The first-order valence-electron chi connectivity index (χ1n) is 8.34. The van der Waals surface area contributed by atoms with E-state index >= 15 is 0 Å². The van der Waals surface area contributed by atoms with Gasteiger partial charge in [-0.3, -0.25) is 4.98 Å². The average Bonchev–Trinajstić information content (AvgIpc) is 2.82. The third-order valence-corrected chi connectivity index (χ3v) is 3.97. The lowest BCUT2D eigenvalue weighted by Crippen LogP contribution is -2.25. The van der Waals surface area contributed by atoms with Crippen LogP contribution in [0.4, 0.5) is 13.2 Å². The van der Waals surface area contributed by atoms with Gasteiger partial charge in [0.05, 0.1) is 17.3 Å². The Balaban J connectivity index is 2.76. The van der Waals surface area contributed by atoms with Gasteiger partial charge in [0.15, 0.2) is 11.4 Å². The van der Waals surface area contributed by atoms with Gasteiger partial charge < -0.3 is 14.9 Å². The van der Waals surface area contributed by atoms with Crippen molar-refractivity contribution in [3.8, 4) is 11.6 Å². The number of hydrogen-bond acceptors (Lipinski definition) is 5. The van der Waals surface area contributed by atoms with E-state index in [1.165, 1.54) is 25.5 Å². The number of alkyl halides is 3. The van der Waals surface area contributed by atoms with Crippen molar-refractivity contribution in [1.29, 1.82) is 0 Å². The van der Waals surface area contributed by atoms with Crippen molar-refractivity contribution < 1.29 is 32.9 Å². The molecule has 0 radical (unpaired) electrons. The molecule has 0 aromatic carbocycles. The maximum atomic E-state index is 13.8. The number of nitrogens with zero attached hydrogens (tertiary/aromatic N) is 3. The lowest BCUT2D eigenvalue weighted by Gasteiger charge is -2.26. The Morgan fingerprint density at radius 3 is 2.14 bits per heavy atom. The number of aliphatic hydroxyl groups is 1. The van der Waals surface area contributed by atoms with E-state index in [1.807, 2.05) is 0 Å². The minimum absolute atomic E-state index is 0.0733. The Bertz CT molecular complexity index is 907. The smallest absolute Gasteiger partial charge is 0.420 e. The monoisotopic (exact) mass is 401 g/mol. The molecule has 0 fully saturated rings. The Hall–Kier alpha value is -2.62. The van der Waals surface area contributed by atoms with Crippen LogP contribution in [0.3, 0.4) is 0 Å². The predicted octanol–water partition coefficient (Wildman–Crippen LogP) is 4.08. The van der Waals surface area contributed by atoms with Gasteiger partial charge in [0.1, 0.15) is 5.56 Å². The molecule has 2 aromatic heterocycles. The van der Waals surface area contributed by atoms with Crippen molar-refractivity contribution in [2.45, 2.75) is 58.9 Å². The summed E-state index contributed by atoms with van der Waals surface area (Å²) < 4.78 is 48.1. The van der Waals surface area contributed by atoms with E-state index < -0.39 is 40.2 Å². The molecule has 154 valence electrons. The lowest BCUT2D eigenvalue weighted by molar-refractivity contribution is -0.141. The fourth-order valence-corrected chi connectivity index (χ4v) is 2.64. The zero-order chi connectivity index (χ0) is 21.7. The average molecular weight is 401 g/mol. The van der Waals surface area contributed by atoms with Gasteiger partial charge in [0.25, 0.3) is 0 Å². The first kappa shape index (κ1) is 21.7. The summed E-state index contributed by atoms with van der Waals surface area (Å²) in [6.07, 6.45) is -3.05. The molecule has 0 amide bonds. The van der Waals surface area contributed by atoms with Crippen LogP contribution >= 0.6 is 0 Å². The van der Waals surface area contributed by atoms with E-state index in [9.17, 15) is 28.2 Å². The van der Waals surface area contributed by atoms with Gasteiger partial charge in [-0.25, -0.2) is 9.48 Å². The van der Waals surface area contributed by atoms with Crippen LogP contribution in [-0.2, 0) is 17.3 Å². The summed E-state index contributed by atoms with van der Waals surface area (Å²) in [6, 6.07) is 0. The highest BCUT2D eigenvalue weighted by molar-refractivity contribution is 5.87. The van der Waals surface area contributed by atoms with Crippen LogP contribution in [0.2, 0.25) is 0 Å². The number of rotatable bonds is 4. The molecule has 0 aliphatic heterocycles. The quantitative estimate of drug-likeness (QED) is 0.801. The molecular formula is C18H22F3N3O4. The molecule has 28 heavy (non-hydrogen) atoms. The fraction of sp³-hybridized carbons (Fsp3) is 0.500. The topological polar surface area (TPSA) is 97.5 Å². The number of ether oxygens (including phenoxy) is 1. The lowest BCUT2D eigenvalue weighted by atomic mass is 9.94. The number of aromatic carboxylic acids is 1. The van der Waals surface area contributed by atoms with Gasteiger partial charge >= 0.3 is 12.1 Å². The maximum absolute atomic E-state index is 13.8. The highest BCUT2D eigenvalue weighted by Crippen LogP contribution is 2.44. The molecule has 2 heterocycles. The van der Waals surface area contributed by atoms with Crippen LogP contribution in [0.5, 0.6) is 11.6 Å². The Labute approximate surface area is 159 Å².